The molecule has 0 saturated heterocycles. The summed E-state index contributed by atoms with van der Waals surface area (Å²) in [5.41, 5.74) is 3.28. The van der Waals surface area contributed by atoms with Crippen LogP contribution in [0.25, 0.3) is 0 Å². The van der Waals surface area contributed by atoms with Gasteiger partial charge in [0.25, 0.3) is 0 Å². The van der Waals surface area contributed by atoms with Crippen LogP contribution in [0.4, 0.5) is 0 Å². The summed E-state index contributed by atoms with van der Waals surface area (Å²) >= 11 is 0. The molecule has 0 atom stereocenters. The van der Waals surface area contributed by atoms with Crippen LogP contribution in [0.3, 0.4) is 0 Å². The van der Waals surface area contributed by atoms with Crippen LogP contribution in [-0.2, 0) is 6.42 Å². The lowest BCUT2D eigenvalue weighted by atomic mass is 9.95. The van der Waals surface area contributed by atoms with E-state index in [4.69, 9.17) is 9.47 Å². The second kappa shape index (κ2) is 10.5. The van der Waals surface area contributed by atoms with E-state index in [0.717, 1.165) is 42.0 Å². The quantitative estimate of drug-likeness (QED) is 0.294. The van der Waals surface area contributed by atoms with Crippen molar-refractivity contribution in [1.82, 2.24) is 5.32 Å². The molecule has 26 heavy (non-hydrogen) atoms. The molecule has 0 saturated carbocycles. The SMILES string of the molecule is CCNCCc1cc(OCC)c(OCC)cc1/C(=N\O)c1ccccc1. The predicted molar refractivity (Wildman–Crippen MR) is 105 cm³/mol. The molecule has 2 N–H and O–H groups in total. The molecule has 0 fully saturated rings. The van der Waals surface area contributed by atoms with Crippen LogP contribution in [0.2, 0.25) is 0 Å². The van der Waals surface area contributed by atoms with E-state index >= 15 is 0 Å². The topological polar surface area (TPSA) is 63.1 Å². The van der Waals surface area contributed by atoms with E-state index in [0.29, 0.717) is 24.7 Å². The first kappa shape index (κ1) is 19.8. The van der Waals surface area contributed by atoms with Crippen molar-refractivity contribution in [1.29, 1.82) is 0 Å². The summed E-state index contributed by atoms with van der Waals surface area (Å²) in [6.07, 6.45) is 0.793. The minimum absolute atomic E-state index is 0.529. The van der Waals surface area contributed by atoms with Crippen LogP contribution in [0.15, 0.2) is 47.6 Å². The maximum atomic E-state index is 9.72. The molecule has 0 bridgehead atoms. The highest BCUT2D eigenvalue weighted by Gasteiger charge is 2.17. The second-order valence-corrected chi connectivity index (χ2v) is 5.74. The van der Waals surface area contributed by atoms with E-state index in [1.165, 1.54) is 0 Å². The van der Waals surface area contributed by atoms with E-state index in [1.54, 1.807) is 0 Å². The third-order valence-electron chi connectivity index (χ3n) is 3.99. The number of ether oxygens (including phenoxy) is 2. The van der Waals surface area contributed by atoms with Crippen molar-refractivity contribution in [3.63, 3.8) is 0 Å². The minimum Gasteiger partial charge on any atom is -0.490 e. The molecule has 2 aromatic rings. The van der Waals surface area contributed by atoms with Gasteiger partial charge in [0.2, 0.25) is 0 Å². The van der Waals surface area contributed by atoms with Crippen molar-refractivity contribution in [2.75, 3.05) is 26.3 Å². The summed E-state index contributed by atoms with van der Waals surface area (Å²) in [4.78, 5) is 0. The van der Waals surface area contributed by atoms with Crippen molar-refractivity contribution >= 4 is 5.71 Å². The largest absolute Gasteiger partial charge is 0.490 e. The number of likely N-dealkylation sites (N-methyl/N-ethyl adjacent to an activating group) is 1. The van der Waals surface area contributed by atoms with E-state index in [2.05, 4.69) is 17.4 Å². The fourth-order valence-corrected chi connectivity index (χ4v) is 2.83. The lowest BCUT2D eigenvalue weighted by Gasteiger charge is -2.17. The van der Waals surface area contributed by atoms with Crippen LogP contribution in [0, 0.1) is 0 Å². The summed E-state index contributed by atoms with van der Waals surface area (Å²) in [5.74, 6) is 1.38. The number of rotatable bonds is 10. The number of nitrogens with one attached hydrogen (secondary N) is 1. The molecular weight excluding hydrogens is 328 g/mol. The van der Waals surface area contributed by atoms with Crippen molar-refractivity contribution < 1.29 is 14.7 Å². The molecule has 0 spiro atoms. The second-order valence-electron chi connectivity index (χ2n) is 5.74. The third kappa shape index (κ3) is 4.99. The number of oxime groups is 1. The maximum absolute atomic E-state index is 9.72. The van der Waals surface area contributed by atoms with E-state index in [9.17, 15) is 5.21 Å². The first-order valence-corrected chi connectivity index (χ1v) is 9.16. The van der Waals surface area contributed by atoms with Crippen molar-refractivity contribution in [2.24, 2.45) is 5.16 Å². The summed E-state index contributed by atoms with van der Waals surface area (Å²) in [6, 6.07) is 13.6. The van der Waals surface area contributed by atoms with Gasteiger partial charge in [-0.2, -0.15) is 0 Å². The van der Waals surface area contributed by atoms with Gasteiger partial charge in [0, 0.05) is 11.1 Å². The van der Waals surface area contributed by atoms with Gasteiger partial charge in [0.1, 0.15) is 5.71 Å². The predicted octanol–water partition coefficient (Wildman–Crippen LogP) is 3.86. The third-order valence-corrected chi connectivity index (χ3v) is 3.99. The lowest BCUT2D eigenvalue weighted by molar-refractivity contribution is 0.287. The highest BCUT2D eigenvalue weighted by molar-refractivity contribution is 6.13. The molecule has 0 radical (unpaired) electrons. The normalized spacial score (nSPS) is 11.4. The van der Waals surface area contributed by atoms with Gasteiger partial charge < -0.3 is 20.0 Å². The Morgan fingerprint density at radius 1 is 1.00 bits per heavy atom. The summed E-state index contributed by atoms with van der Waals surface area (Å²) < 4.78 is 11.5. The molecule has 0 aliphatic heterocycles. The zero-order valence-corrected chi connectivity index (χ0v) is 15.8. The zero-order valence-electron chi connectivity index (χ0n) is 15.8. The summed E-state index contributed by atoms with van der Waals surface area (Å²) in [7, 11) is 0. The lowest BCUT2D eigenvalue weighted by Crippen LogP contribution is -2.18. The highest BCUT2D eigenvalue weighted by Crippen LogP contribution is 2.33. The van der Waals surface area contributed by atoms with Gasteiger partial charge in [0.05, 0.1) is 13.2 Å². The highest BCUT2D eigenvalue weighted by atomic mass is 16.5. The van der Waals surface area contributed by atoms with Gasteiger partial charge in [-0.1, -0.05) is 42.4 Å². The van der Waals surface area contributed by atoms with Crippen LogP contribution < -0.4 is 14.8 Å². The number of benzene rings is 2. The van der Waals surface area contributed by atoms with Gasteiger partial charge in [0.15, 0.2) is 11.5 Å². The number of hydrogen-bond donors (Lipinski definition) is 2. The molecule has 5 heteroatoms. The van der Waals surface area contributed by atoms with E-state index in [1.807, 2.05) is 56.3 Å². The fraction of sp³-hybridized carbons (Fsp3) is 0.381. The molecule has 0 aromatic heterocycles. The first-order valence-electron chi connectivity index (χ1n) is 9.16. The van der Waals surface area contributed by atoms with Gasteiger partial charge >= 0.3 is 0 Å². The molecule has 2 aromatic carbocycles. The Balaban J connectivity index is 2.53. The standard InChI is InChI=1S/C21H28N2O3/c1-4-22-13-12-17-14-19(25-5-2)20(26-6-3)15-18(17)21(23-24)16-10-8-7-9-11-16/h7-11,14-15,22,24H,4-6,12-13H2,1-3H3/b23-21-. The Kier molecular flexibility index (Phi) is 7.96. The zero-order chi connectivity index (χ0) is 18.8. The average Bonchev–Trinajstić information content (AvgIpc) is 2.66. The average molecular weight is 356 g/mol. The maximum Gasteiger partial charge on any atom is 0.161 e. The molecule has 0 heterocycles. The van der Waals surface area contributed by atoms with Crippen molar-refractivity contribution in [3.05, 3.63) is 59.2 Å². The smallest absolute Gasteiger partial charge is 0.161 e. The van der Waals surface area contributed by atoms with Gasteiger partial charge in [-0.3, -0.25) is 0 Å². The molecule has 0 unspecified atom stereocenters. The number of hydrogen-bond acceptors (Lipinski definition) is 5. The van der Waals surface area contributed by atoms with Crippen LogP contribution in [0.1, 0.15) is 37.5 Å². The van der Waals surface area contributed by atoms with Gasteiger partial charge in [-0.25, -0.2) is 0 Å². The fourth-order valence-electron chi connectivity index (χ4n) is 2.83. The molecule has 0 aliphatic carbocycles. The van der Waals surface area contributed by atoms with Crippen LogP contribution in [-0.4, -0.2) is 37.2 Å². The van der Waals surface area contributed by atoms with Gasteiger partial charge in [-0.15, -0.1) is 0 Å². The van der Waals surface area contributed by atoms with E-state index in [-0.39, 0.29) is 0 Å². The summed E-state index contributed by atoms with van der Waals surface area (Å²) in [5, 5.41) is 16.7. The molecule has 0 aliphatic rings. The van der Waals surface area contributed by atoms with Crippen LogP contribution >= 0.6 is 0 Å². The van der Waals surface area contributed by atoms with Crippen LogP contribution in [0.5, 0.6) is 11.5 Å². The molecule has 140 valence electrons. The Hall–Kier alpha value is -2.53. The molecule has 0 amide bonds. The Bertz CT molecular complexity index is 715. The minimum atomic E-state index is 0.529. The Morgan fingerprint density at radius 3 is 2.23 bits per heavy atom. The molecular formula is C21H28N2O3. The molecule has 5 nitrogen and oxygen atoms in total. The van der Waals surface area contributed by atoms with Crippen molar-refractivity contribution in [2.45, 2.75) is 27.2 Å². The summed E-state index contributed by atoms with van der Waals surface area (Å²) in [6.45, 7) is 8.80. The first-order chi connectivity index (χ1) is 12.7. The number of nitrogens with zero attached hydrogens (tertiary/aromatic N) is 1. The van der Waals surface area contributed by atoms with E-state index < -0.39 is 0 Å². The Labute approximate surface area is 155 Å². The molecule has 2 rings (SSSR count). The van der Waals surface area contributed by atoms with Gasteiger partial charge in [-0.05, 0) is 51.1 Å². The monoisotopic (exact) mass is 356 g/mol. The van der Waals surface area contributed by atoms with Crippen molar-refractivity contribution in [3.8, 4) is 11.5 Å². The Morgan fingerprint density at radius 2 is 1.65 bits per heavy atom.